The first-order chi connectivity index (χ1) is 8.54. The molecule has 0 aliphatic rings. The summed E-state index contributed by atoms with van der Waals surface area (Å²) in [7, 11) is 0. The maximum atomic E-state index is 11.7. The summed E-state index contributed by atoms with van der Waals surface area (Å²) >= 11 is 0. The number of nitrogens with zero attached hydrogens (tertiary/aromatic N) is 1. The highest BCUT2D eigenvalue weighted by atomic mass is 16.2. The lowest BCUT2D eigenvalue weighted by Gasteiger charge is -2.13. The Bertz CT molecular complexity index is 504. The number of carbonyl (C=O) groups is 1. The third kappa shape index (κ3) is 4.20. The van der Waals surface area contributed by atoms with Gasteiger partial charge in [0.25, 0.3) is 5.56 Å². The van der Waals surface area contributed by atoms with Crippen molar-refractivity contribution in [2.24, 2.45) is 0 Å². The number of hydrogen-bond acceptors (Lipinski definition) is 3. The SMILES string of the molecule is CCCCCC(C)NC(=O)n1ccc(=O)[nH]c1=O. The predicted octanol–water partition coefficient (Wildman–Crippen LogP) is 1.06. The van der Waals surface area contributed by atoms with Gasteiger partial charge in [-0.15, -0.1) is 0 Å². The van der Waals surface area contributed by atoms with Gasteiger partial charge in [0.05, 0.1) is 0 Å². The Morgan fingerprint density at radius 3 is 2.78 bits per heavy atom. The highest BCUT2D eigenvalue weighted by molar-refractivity contribution is 5.76. The van der Waals surface area contributed by atoms with Crippen molar-refractivity contribution in [1.82, 2.24) is 14.9 Å². The molecule has 2 N–H and O–H groups in total. The van der Waals surface area contributed by atoms with E-state index in [9.17, 15) is 14.4 Å². The van der Waals surface area contributed by atoms with E-state index < -0.39 is 17.3 Å². The predicted molar refractivity (Wildman–Crippen MR) is 68.9 cm³/mol. The van der Waals surface area contributed by atoms with Gasteiger partial charge in [0, 0.05) is 18.3 Å². The molecule has 6 heteroatoms. The summed E-state index contributed by atoms with van der Waals surface area (Å²) in [5.74, 6) is 0. The van der Waals surface area contributed by atoms with E-state index in [4.69, 9.17) is 0 Å². The van der Waals surface area contributed by atoms with Crippen LogP contribution in [0.2, 0.25) is 0 Å². The average Bonchev–Trinajstić information content (AvgIpc) is 2.28. The molecule has 0 saturated carbocycles. The molecule has 1 atom stereocenters. The number of aromatic nitrogens is 2. The second-order valence-corrected chi connectivity index (χ2v) is 4.33. The normalized spacial score (nSPS) is 12.1. The van der Waals surface area contributed by atoms with Gasteiger partial charge in [-0.2, -0.15) is 0 Å². The largest absolute Gasteiger partial charge is 0.336 e. The summed E-state index contributed by atoms with van der Waals surface area (Å²) < 4.78 is 0.859. The summed E-state index contributed by atoms with van der Waals surface area (Å²) in [6, 6.07) is 0.631. The van der Waals surface area contributed by atoms with Crippen molar-refractivity contribution in [2.45, 2.75) is 45.6 Å². The molecule has 1 unspecified atom stereocenters. The number of rotatable bonds is 5. The Hall–Kier alpha value is -1.85. The van der Waals surface area contributed by atoms with Gasteiger partial charge in [-0.1, -0.05) is 26.2 Å². The van der Waals surface area contributed by atoms with Crippen LogP contribution in [0.15, 0.2) is 21.9 Å². The van der Waals surface area contributed by atoms with E-state index in [1.807, 2.05) is 11.9 Å². The van der Waals surface area contributed by atoms with Gasteiger partial charge in [0.1, 0.15) is 0 Å². The molecule has 1 amide bonds. The van der Waals surface area contributed by atoms with E-state index in [0.717, 1.165) is 36.3 Å². The Morgan fingerprint density at radius 2 is 2.17 bits per heavy atom. The summed E-state index contributed by atoms with van der Waals surface area (Å²) in [5.41, 5.74) is -1.24. The first-order valence-electron chi connectivity index (χ1n) is 6.17. The van der Waals surface area contributed by atoms with Gasteiger partial charge >= 0.3 is 11.7 Å². The second kappa shape index (κ2) is 6.78. The minimum absolute atomic E-state index is 0.00266. The third-order valence-electron chi connectivity index (χ3n) is 2.65. The number of hydrogen-bond donors (Lipinski definition) is 2. The van der Waals surface area contributed by atoms with Crippen LogP contribution in [-0.2, 0) is 0 Å². The quantitative estimate of drug-likeness (QED) is 0.770. The topological polar surface area (TPSA) is 84.0 Å². The van der Waals surface area contributed by atoms with Crippen LogP contribution in [0, 0.1) is 0 Å². The molecule has 0 aliphatic carbocycles. The van der Waals surface area contributed by atoms with Crippen LogP contribution in [0.25, 0.3) is 0 Å². The molecule has 1 heterocycles. The fourth-order valence-corrected chi connectivity index (χ4v) is 1.63. The Morgan fingerprint density at radius 1 is 1.44 bits per heavy atom. The molecule has 18 heavy (non-hydrogen) atoms. The first kappa shape index (κ1) is 14.2. The van der Waals surface area contributed by atoms with Crippen molar-refractivity contribution in [3.8, 4) is 0 Å². The van der Waals surface area contributed by atoms with Crippen molar-refractivity contribution >= 4 is 6.03 Å². The number of H-pyrrole nitrogens is 1. The summed E-state index contributed by atoms with van der Waals surface area (Å²) in [4.78, 5) is 36.0. The third-order valence-corrected chi connectivity index (χ3v) is 2.65. The number of unbranched alkanes of at least 4 members (excludes halogenated alkanes) is 2. The fourth-order valence-electron chi connectivity index (χ4n) is 1.63. The van der Waals surface area contributed by atoms with Crippen LogP contribution in [0.4, 0.5) is 4.79 Å². The molecule has 1 rings (SSSR count). The van der Waals surface area contributed by atoms with Crippen molar-refractivity contribution in [3.05, 3.63) is 33.1 Å². The van der Waals surface area contributed by atoms with E-state index in [2.05, 4.69) is 12.2 Å². The van der Waals surface area contributed by atoms with Gasteiger partial charge in [-0.05, 0) is 13.3 Å². The molecule has 0 aromatic carbocycles. The Labute approximate surface area is 105 Å². The lowest BCUT2D eigenvalue weighted by atomic mass is 10.1. The van der Waals surface area contributed by atoms with Gasteiger partial charge in [0.2, 0.25) is 0 Å². The summed E-state index contributed by atoms with van der Waals surface area (Å²) in [6.45, 7) is 4.01. The van der Waals surface area contributed by atoms with E-state index >= 15 is 0 Å². The van der Waals surface area contributed by atoms with Gasteiger partial charge in [-0.25, -0.2) is 14.2 Å². The van der Waals surface area contributed by atoms with Gasteiger partial charge < -0.3 is 5.32 Å². The van der Waals surface area contributed by atoms with Crippen LogP contribution in [0.1, 0.15) is 39.5 Å². The van der Waals surface area contributed by atoms with Crippen molar-refractivity contribution in [2.75, 3.05) is 0 Å². The van der Waals surface area contributed by atoms with Gasteiger partial charge in [-0.3, -0.25) is 9.78 Å². The lowest BCUT2D eigenvalue weighted by Crippen LogP contribution is -2.42. The van der Waals surface area contributed by atoms with E-state index in [-0.39, 0.29) is 6.04 Å². The molecule has 1 aromatic rings. The maximum absolute atomic E-state index is 11.7. The van der Waals surface area contributed by atoms with Crippen molar-refractivity contribution in [3.63, 3.8) is 0 Å². The number of nitrogens with one attached hydrogen (secondary N) is 2. The van der Waals surface area contributed by atoms with E-state index in [1.165, 1.54) is 6.20 Å². The highest BCUT2D eigenvalue weighted by Crippen LogP contribution is 2.02. The molecular formula is C12H19N3O3. The molecule has 1 aromatic heterocycles. The van der Waals surface area contributed by atoms with E-state index in [1.54, 1.807) is 0 Å². The molecular weight excluding hydrogens is 234 g/mol. The first-order valence-corrected chi connectivity index (χ1v) is 6.17. The maximum Gasteiger partial charge on any atom is 0.336 e. The molecule has 100 valence electrons. The van der Waals surface area contributed by atoms with Crippen LogP contribution >= 0.6 is 0 Å². The lowest BCUT2D eigenvalue weighted by molar-refractivity contribution is 0.237. The number of amides is 1. The van der Waals surface area contributed by atoms with Crippen LogP contribution in [0.3, 0.4) is 0 Å². The Balaban J connectivity index is 2.59. The smallest absolute Gasteiger partial charge is 0.335 e. The molecule has 0 aliphatic heterocycles. The van der Waals surface area contributed by atoms with Crippen LogP contribution in [-0.4, -0.2) is 21.6 Å². The number of aromatic amines is 1. The summed E-state index contributed by atoms with van der Waals surface area (Å²) in [5, 5.41) is 2.72. The minimum Gasteiger partial charge on any atom is -0.335 e. The van der Waals surface area contributed by atoms with E-state index in [0.29, 0.717) is 0 Å². The fraction of sp³-hybridized carbons (Fsp3) is 0.583. The number of carbonyl (C=O) groups excluding carboxylic acids is 1. The Kier molecular flexibility index (Phi) is 5.35. The monoisotopic (exact) mass is 253 g/mol. The molecule has 0 radical (unpaired) electrons. The molecule has 6 nitrogen and oxygen atoms in total. The minimum atomic E-state index is -0.722. The average molecular weight is 253 g/mol. The highest BCUT2D eigenvalue weighted by Gasteiger charge is 2.10. The standard InChI is InChI=1S/C12H19N3O3/c1-3-4-5-6-9(2)13-11(17)15-8-7-10(16)14-12(15)18/h7-9H,3-6H2,1-2H3,(H,13,17)(H,14,16,18). The zero-order valence-corrected chi connectivity index (χ0v) is 10.7. The molecule has 0 spiro atoms. The second-order valence-electron chi connectivity index (χ2n) is 4.33. The molecule has 0 bridgehead atoms. The van der Waals surface area contributed by atoms with Crippen LogP contribution < -0.4 is 16.6 Å². The summed E-state index contributed by atoms with van der Waals surface area (Å²) in [6.07, 6.45) is 5.34. The molecule has 0 saturated heterocycles. The zero-order chi connectivity index (χ0) is 13.5. The van der Waals surface area contributed by atoms with Crippen LogP contribution in [0.5, 0.6) is 0 Å². The van der Waals surface area contributed by atoms with Crippen molar-refractivity contribution < 1.29 is 4.79 Å². The van der Waals surface area contributed by atoms with Gasteiger partial charge in [0.15, 0.2) is 0 Å². The zero-order valence-electron chi connectivity index (χ0n) is 10.7. The molecule has 0 fully saturated rings. The van der Waals surface area contributed by atoms with Crippen molar-refractivity contribution in [1.29, 1.82) is 0 Å².